The highest BCUT2D eigenvalue weighted by atomic mass is 16.5. The molecule has 0 amide bonds. The highest BCUT2D eigenvalue weighted by Gasteiger charge is 2.36. The zero-order chi connectivity index (χ0) is 13.0. The second-order valence-corrected chi connectivity index (χ2v) is 5.12. The van der Waals surface area contributed by atoms with Crippen molar-refractivity contribution >= 4 is 0 Å². The predicted molar refractivity (Wildman–Crippen MR) is 73.0 cm³/mol. The molecule has 0 aliphatic heterocycles. The van der Waals surface area contributed by atoms with Crippen molar-refractivity contribution in [1.82, 2.24) is 5.32 Å². The van der Waals surface area contributed by atoms with Crippen LogP contribution in [0.5, 0.6) is 5.75 Å². The lowest BCUT2D eigenvalue weighted by Crippen LogP contribution is -2.48. The Balaban J connectivity index is 1.92. The fourth-order valence-electron chi connectivity index (χ4n) is 2.39. The lowest BCUT2D eigenvalue weighted by molar-refractivity contribution is -0.0706. The summed E-state index contributed by atoms with van der Waals surface area (Å²) >= 11 is 0. The maximum absolute atomic E-state index is 5.62. The number of hydrogen-bond donors (Lipinski definition) is 1. The third-order valence-electron chi connectivity index (χ3n) is 4.02. The van der Waals surface area contributed by atoms with Gasteiger partial charge >= 0.3 is 0 Å². The van der Waals surface area contributed by atoms with Crippen molar-refractivity contribution < 1.29 is 9.47 Å². The van der Waals surface area contributed by atoms with E-state index in [9.17, 15) is 0 Å². The smallest absolute Gasteiger partial charge is 0.119 e. The molecule has 3 heteroatoms. The van der Waals surface area contributed by atoms with E-state index in [2.05, 4.69) is 24.4 Å². The molecule has 0 saturated heterocycles. The van der Waals surface area contributed by atoms with Gasteiger partial charge < -0.3 is 14.8 Å². The van der Waals surface area contributed by atoms with Crippen molar-refractivity contribution in [3.05, 3.63) is 29.8 Å². The second-order valence-electron chi connectivity index (χ2n) is 5.12. The summed E-state index contributed by atoms with van der Waals surface area (Å²) in [6.45, 7) is 3.10. The predicted octanol–water partition coefficient (Wildman–Crippen LogP) is 2.91. The number of ether oxygens (including phenoxy) is 2. The molecular weight excluding hydrogens is 226 g/mol. The van der Waals surface area contributed by atoms with E-state index in [0.29, 0.717) is 6.04 Å². The van der Waals surface area contributed by atoms with Gasteiger partial charge in [0.2, 0.25) is 0 Å². The molecule has 0 bridgehead atoms. The Kier molecular flexibility index (Phi) is 4.25. The summed E-state index contributed by atoms with van der Waals surface area (Å²) in [6, 6.07) is 8.52. The van der Waals surface area contributed by atoms with Crippen LogP contribution >= 0.6 is 0 Å². The molecule has 0 heterocycles. The van der Waals surface area contributed by atoms with Gasteiger partial charge in [-0.1, -0.05) is 12.1 Å². The van der Waals surface area contributed by atoms with Gasteiger partial charge in [0.1, 0.15) is 5.75 Å². The molecule has 0 spiro atoms. The standard InChI is InChI=1S/C15H23NO2/c1-12(13-6-4-7-14(10-13)17-2)16-11-15(18-3)8-5-9-15/h4,6-7,10,12,16H,5,8-9,11H2,1-3H3. The van der Waals surface area contributed by atoms with Crippen molar-refractivity contribution in [2.24, 2.45) is 0 Å². The van der Waals surface area contributed by atoms with E-state index in [1.165, 1.54) is 24.8 Å². The molecular formula is C15H23NO2. The van der Waals surface area contributed by atoms with Gasteiger partial charge in [0, 0.05) is 19.7 Å². The largest absolute Gasteiger partial charge is 0.497 e. The molecule has 1 fully saturated rings. The summed E-state index contributed by atoms with van der Waals surface area (Å²) in [6.07, 6.45) is 3.62. The zero-order valence-corrected chi connectivity index (χ0v) is 11.5. The monoisotopic (exact) mass is 249 g/mol. The first-order valence-electron chi connectivity index (χ1n) is 6.62. The highest BCUT2D eigenvalue weighted by Crippen LogP contribution is 2.34. The Labute approximate surface area is 109 Å². The topological polar surface area (TPSA) is 30.5 Å². The number of hydrogen-bond acceptors (Lipinski definition) is 3. The van der Waals surface area contributed by atoms with Crippen LogP contribution in [0.25, 0.3) is 0 Å². The minimum absolute atomic E-state index is 0.0765. The molecule has 1 atom stereocenters. The first-order valence-corrected chi connectivity index (χ1v) is 6.62. The number of nitrogens with one attached hydrogen (secondary N) is 1. The molecule has 1 aromatic rings. The molecule has 1 aliphatic rings. The molecule has 18 heavy (non-hydrogen) atoms. The van der Waals surface area contributed by atoms with Crippen molar-refractivity contribution in [3.63, 3.8) is 0 Å². The van der Waals surface area contributed by atoms with Crippen LogP contribution in [0.3, 0.4) is 0 Å². The zero-order valence-electron chi connectivity index (χ0n) is 11.5. The summed E-state index contributed by atoms with van der Waals surface area (Å²) in [5.41, 5.74) is 1.33. The summed E-state index contributed by atoms with van der Waals surface area (Å²) < 4.78 is 10.9. The van der Waals surface area contributed by atoms with Crippen LogP contribution in [0.1, 0.15) is 37.8 Å². The lowest BCUT2D eigenvalue weighted by Gasteiger charge is -2.41. The molecule has 0 aromatic heterocycles. The van der Waals surface area contributed by atoms with Gasteiger partial charge in [-0.15, -0.1) is 0 Å². The van der Waals surface area contributed by atoms with Crippen LogP contribution in [0.15, 0.2) is 24.3 Å². The minimum atomic E-state index is 0.0765. The summed E-state index contributed by atoms with van der Waals surface area (Å²) in [7, 11) is 3.52. The average molecular weight is 249 g/mol. The third-order valence-corrected chi connectivity index (χ3v) is 4.02. The maximum atomic E-state index is 5.62. The normalized spacial score (nSPS) is 19.1. The lowest BCUT2D eigenvalue weighted by atomic mass is 9.80. The summed E-state index contributed by atoms with van der Waals surface area (Å²) in [5, 5.41) is 3.56. The fourth-order valence-corrected chi connectivity index (χ4v) is 2.39. The van der Waals surface area contributed by atoms with Crippen LogP contribution in [-0.2, 0) is 4.74 Å². The van der Waals surface area contributed by atoms with Crippen LogP contribution in [-0.4, -0.2) is 26.4 Å². The average Bonchev–Trinajstić information content (AvgIpc) is 2.38. The molecule has 2 rings (SSSR count). The van der Waals surface area contributed by atoms with E-state index in [-0.39, 0.29) is 5.60 Å². The molecule has 1 saturated carbocycles. The minimum Gasteiger partial charge on any atom is -0.497 e. The first-order chi connectivity index (χ1) is 8.69. The van der Waals surface area contributed by atoms with Crippen molar-refractivity contribution in [2.75, 3.05) is 20.8 Å². The van der Waals surface area contributed by atoms with Crippen LogP contribution in [0, 0.1) is 0 Å². The van der Waals surface area contributed by atoms with Gasteiger partial charge in [-0.2, -0.15) is 0 Å². The van der Waals surface area contributed by atoms with Gasteiger partial charge in [0.15, 0.2) is 0 Å². The fraction of sp³-hybridized carbons (Fsp3) is 0.600. The van der Waals surface area contributed by atoms with E-state index in [1.807, 2.05) is 19.2 Å². The van der Waals surface area contributed by atoms with E-state index in [0.717, 1.165) is 12.3 Å². The highest BCUT2D eigenvalue weighted by molar-refractivity contribution is 5.30. The van der Waals surface area contributed by atoms with Gasteiger partial charge in [-0.25, -0.2) is 0 Å². The number of benzene rings is 1. The SMILES string of the molecule is COc1cccc(C(C)NCC2(OC)CCC2)c1. The summed E-state index contributed by atoms with van der Waals surface area (Å²) in [5.74, 6) is 0.909. The third kappa shape index (κ3) is 2.85. The molecule has 1 unspecified atom stereocenters. The van der Waals surface area contributed by atoms with Crippen LogP contribution in [0.2, 0.25) is 0 Å². The second kappa shape index (κ2) is 5.72. The van der Waals surface area contributed by atoms with E-state index >= 15 is 0 Å². The Morgan fingerprint density at radius 2 is 2.11 bits per heavy atom. The Hall–Kier alpha value is -1.06. The van der Waals surface area contributed by atoms with Gasteiger partial charge in [-0.3, -0.25) is 0 Å². The number of methoxy groups -OCH3 is 2. The Morgan fingerprint density at radius 3 is 2.67 bits per heavy atom. The van der Waals surface area contributed by atoms with E-state index in [1.54, 1.807) is 7.11 Å². The van der Waals surface area contributed by atoms with E-state index in [4.69, 9.17) is 9.47 Å². The van der Waals surface area contributed by atoms with E-state index < -0.39 is 0 Å². The Bertz CT molecular complexity index is 382. The number of rotatable bonds is 6. The molecule has 1 N–H and O–H groups in total. The van der Waals surface area contributed by atoms with Crippen molar-refractivity contribution in [2.45, 2.75) is 37.8 Å². The first kappa shape index (κ1) is 13.4. The van der Waals surface area contributed by atoms with Gasteiger partial charge in [-0.05, 0) is 43.9 Å². The molecule has 1 aliphatic carbocycles. The van der Waals surface area contributed by atoms with Crippen molar-refractivity contribution in [1.29, 1.82) is 0 Å². The molecule has 1 aromatic carbocycles. The van der Waals surface area contributed by atoms with Gasteiger partial charge in [0.25, 0.3) is 0 Å². The van der Waals surface area contributed by atoms with Crippen LogP contribution in [0.4, 0.5) is 0 Å². The molecule has 100 valence electrons. The molecule has 3 nitrogen and oxygen atoms in total. The van der Waals surface area contributed by atoms with Crippen molar-refractivity contribution in [3.8, 4) is 5.75 Å². The Morgan fingerprint density at radius 1 is 1.33 bits per heavy atom. The maximum Gasteiger partial charge on any atom is 0.119 e. The van der Waals surface area contributed by atoms with Crippen LogP contribution < -0.4 is 10.1 Å². The molecule has 0 radical (unpaired) electrons. The quantitative estimate of drug-likeness (QED) is 0.841. The summed E-state index contributed by atoms with van der Waals surface area (Å²) in [4.78, 5) is 0. The van der Waals surface area contributed by atoms with Gasteiger partial charge in [0.05, 0.1) is 12.7 Å².